The van der Waals surface area contributed by atoms with Crippen molar-refractivity contribution >= 4 is 0 Å². The van der Waals surface area contributed by atoms with Gasteiger partial charge in [-0.1, -0.05) is 0 Å². The first kappa shape index (κ1) is 11.1. The Kier molecular flexibility index (Phi) is 2.84. The molecule has 92 valence electrons. The Balaban J connectivity index is 2.05. The second kappa shape index (κ2) is 4.35. The van der Waals surface area contributed by atoms with Gasteiger partial charge in [0.15, 0.2) is 5.82 Å². The molecule has 1 atom stereocenters. The lowest BCUT2D eigenvalue weighted by Crippen LogP contribution is -2.27. The van der Waals surface area contributed by atoms with Gasteiger partial charge in [-0.05, 0) is 19.8 Å². The Morgan fingerprint density at radius 3 is 2.88 bits per heavy atom. The molecule has 0 radical (unpaired) electrons. The summed E-state index contributed by atoms with van der Waals surface area (Å²) in [6, 6.07) is 0. The van der Waals surface area contributed by atoms with Crippen molar-refractivity contribution in [3.63, 3.8) is 0 Å². The number of nitrogens with zero attached hydrogens (tertiary/aromatic N) is 2. The number of aromatic nitrogens is 2. The molecule has 1 fully saturated rings. The summed E-state index contributed by atoms with van der Waals surface area (Å²) >= 11 is 0. The highest BCUT2D eigenvalue weighted by molar-refractivity contribution is 5.33. The first-order chi connectivity index (χ1) is 8.29. The zero-order valence-corrected chi connectivity index (χ0v) is 10.5. The topological polar surface area (TPSA) is 47.0 Å². The first-order valence-electron chi connectivity index (χ1n) is 6.42. The van der Waals surface area contributed by atoms with E-state index in [4.69, 9.17) is 9.72 Å². The molecular weight excluding hydrogens is 214 g/mol. The van der Waals surface area contributed by atoms with Gasteiger partial charge in [0.05, 0.1) is 11.4 Å². The van der Waals surface area contributed by atoms with Crippen molar-refractivity contribution in [3.05, 3.63) is 22.8 Å². The van der Waals surface area contributed by atoms with Crippen LogP contribution >= 0.6 is 0 Å². The molecule has 0 aromatic carbocycles. The van der Waals surface area contributed by atoms with Crippen molar-refractivity contribution in [3.8, 4) is 0 Å². The molecule has 0 spiro atoms. The molecule has 1 aliphatic carbocycles. The summed E-state index contributed by atoms with van der Waals surface area (Å²) in [5.41, 5.74) is 3.87. The van der Waals surface area contributed by atoms with Crippen LogP contribution in [0, 0.1) is 0 Å². The van der Waals surface area contributed by atoms with Gasteiger partial charge in [-0.25, -0.2) is 9.97 Å². The Morgan fingerprint density at radius 2 is 2.18 bits per heavy atom. The van der Waals surface area contributed by atoms with Crippen LogP contribution in [0.3, 0.4) is 0 Å². The third-order valence-electron chi connectivity index (χ3n) is 3.66. The van der Waals surface area contributed by atoms with E-state index in [1.54, 1.807) is 7.11 Å². The van der Waals surface area contributed by atoms with E-state index in [2.05, 4.69) is 10.3 Å². The van der Waals surface area contributed by atoms with E-state index in [1.165, 1.54) is 29.8 Å². The highest BCUT2D eigenvalue weighted by Gasteiger charge is 2.31. The van der Waals surface area contributed by atoms with Crippen LogP contribution in [-0.2, 0) is 17.7 Å². The lowest BCUT2D eigenvalue weighted by atomic mass is 10.0. The van der Waals surface area contributed by atoms with Crippen LogP contribution < -0.4 is 5.32 Å². The fourth-order valence-corrected chi connectivity index (χ4v) is 2.37. The maximum atomic E-state index is 5.34. The molecule has 1 unspecified atom stereocenters. The molecule has 1 aliphatic heterocycles. The average Bonchev–Trinajstić information content (AvgIpc) is 3.20. The van der Waals surface area contributed by atoms with E-state index < -0.39 is 0 Å². The second-order valence-electron chi connectivity index (χ2n) is 4.97. The van der Waals surface area contributed by atoms with Gasteiger partial charge >= 0.3 is 0 Å². The number of ether oxygens (including phenoxy) is 1. The summed E-state index contributed by atoms with van der Waals surface area (Å²) < 4.78 is 5.34. The van der Waals surface area contributed by atoms with E-state index >= 15 is 0 Å². The summed E-state index contributed by atoms with van der Waals surface area (Å²) in [6.45, 7) is 3.97. The predicted molar refractivity (Wildman–Crippen MR) is 64.8 cm³/mol. The smallest absolute Gasteiger partial charge is 0.157 e. The minimum atomic E-state index is -0.00677. The van der Waals surface area contributed by atoms with Gasteiger partial charge in [0.1, 0.15) is 6.10 Å². The van der Waals surface area contributed by atoms with Crippen LogP contribution in [0.2, 0.25) is 0 Å². The van der Waals surface area contributed by atoms with Crippen molar-refractivity contribution in [2.24, 2.45) is 0 Å². The molecule has 0 amide bonds. The van der Waals surface area contributed by atoms with E-state index in [-0.39, 0.29) is 6.10 Å². The van der Waals surface area contributed by atoms with Crippen LogP contribution in [0.1, 0.15) is 54.6 Å². The van der Waals surface area contributed by atoms with Crippen molar-refractivity contribution in [2.45, 2.75) is 44.8 Å². The van der Waals surface area contributed by atoms with Crippen LogP contribution in [0.15, 0.2) is 0 Å². The summed E-state index contributed by atoms with van der Waals surface area (Å²) in [5.74, 6) is 1.53. The normalized spacial score (nSPS) is 21.1. The zero-order chi connectivity index (χ0) is 11.8. The quantitative estimate of drug-likeness (QED) is 0.863. The molecule has 2 heterocycles. The molecule has 4 nitrogen and oxygen atoms in total. The molecule has 1 aromatic rings. The maximum Gasteiger partial charge on any atom is 0.157 e. The van der Waals surface area contributed by atoms with Crippen molar-refractivity contribution < 1.29 is 4.74 Å². The molecule has 4 heteroatoms. The Bertz CT molecular complexity index is 429. The van der Waals surface area contributed by atoms with E-state index in [1.807, 2.05) is 6.92 Å². The number of nitrogens with one attached hydrogen (secondary N) is 1. The highest BCUT2D eigenvalue weighted by atomic mass is 16.5. The highest BCUT2D eigenvalue weighted by Crippen LogP contribution is 2.41. The molecule has 3 rings (SSSR count). The van der Waals surface area contributed by atoms with Crippen molar-refractivity contribution in [1.82, 2.24) is 15.3 Å². The van der Waals surface area contributed by atoms with E-state index in [0.717, 1.165) is 25.3 Å². The second-order valence-corrected chi connectivity index (χ2v) is 4.97. The summed E-state index contributed by atoms with van der Waals surface area (Å²) in [4.78, 5) is 9.42. The van der Waals surface area contributed by atoms with Gasteiger partial charge in [-0.2, -0.15) is 0 Å². The van der Waals surface area contributed by atoms with Gasteiger partial charge in [0, 0.05) is 38.1 Å². The Labute approximate surface area is 102 Å². The van der Waals surface area contributed by atoms with Gasteiger partial charge < -0.3 is 10.1 Å². The maximum absolute atomic E-state index is 5.34. The average molecular weight is 233 g/mol. The predicted octanol–water partition coefficient (Wildman–Crippen LogP) is 1.71. The standard InChI is InChI=1S/C13H19N3O/c1-8(17-2)13-15-11-5-6-14-7-10(11)12(16-13)9-3-4-9/h8-9,14H,3-7H2,1-2H3. The molecular formula is C13H19N3O. The molecule has 1 N–H and O–H groups in total. The molecule has 17 heavy (non-hydrogen) atoms. The Morgan fingerprint density at radius 1 is 1.35 bits per heavy atom. The van der Waals surface area contributed by atoms with Gasteiger partial charge in [-0.3, -0.25) is 0 Å². The minimum Gasteiger partial charge on any atom is -0.374 e. The third-order valence-corrected chi connectivity index (χ3v) is 3.66. The summed E-state index contributed by atoms with van der Waals surface area (Å²) in [7, 11) is 1.71. The van der Waals surface area contributed by atoms with Gasteiger partial charge in [-0.15, -0.1) is 0 Å². The Hall–Kier alpha value is -1.00. The first-order valence-corrected chi connectivity index (χ1v) is 6.42. The number of fused-ring (bicyclic) bond motifs is 1. The van der Waals surface area contributed by atoms with Crippen LogP contribution in [0.4, 0.5) is 0 Å². The van der Waals surface area contributed by atoms with Crippen LogP contribution in [0.25, 0.3) is 0 Å². The monoisotopic (exact) mass is 233 g/mol. The number of hydrogen-bond acceptors (Lipinski definition) is 4. The lowest BCUT2D eigenvalue weighted by molar-refractivity contribution is 0.111. The molecule has 0 bridgehead atoms. The molecule has 2 aliphatic rings. The molecule has 0 saturated heterocycles. The van der Waals surface area contributed by atoms with Crippen molar-refractivity contribution in [2.75, 3.05) is 13.7 Å². The summed E-state index contributed by atoms with van der Waals surface area (Å²) in [6.07, 6.45) is 3.57. The van der Waals surface area contributed by atoms with Gasteiger partial charge in [0.25, 0.3) is 0 Å². The van der Waals surface area contributed by atoms with E-state index in [9.17, 15) is 0 Å². The zero-order valence-electron chi connectivity index (χ0n) is 10.5. The minimum absolute atomic E-state index is 0.00677. The van der Waals surface area contributed by atoms with Crippen LogP contribution in [0.5, 0.6) is 0 Å². The number of methoxy groups -OCH3 is 1. The van der Waals surface area contributed by atoms with Crippen LogP contribution in [-0.4, -0.2) is 23.6 Å². The number of hydrogen-bond donors (Lipinski definition) is 1. The fraction of sp³-hybridized carbons (Fsp3) is 0.692. The van der Waals surface area contributed by atoms with E-state index in [0.29, 0.717) is 5.92 Å². The summed E-state index contributed by atoms with van der Waals surface area (Å²) in [5, 5.41) is 3.42. The third kappa shape index (κ3) is 2.07. The molecule has 1 saturated carbocycles. The number of rotatable bonds is 3. The SMILES string of the molecule is COC(C)c1nc2c(c(C3CC3)n1)CNCC2. The fourth-order valence-electron chi connectivity index (χ4n) is 2.37. The largest absolute Gasteiger partial charge is 0.374 e. The van der Waals surface area contributed by atoms with Gasteiger partial charge in [0.2, 0.25) is 0 Å². The van der Waals surface area contributed by atoms with Crippen molar-refractivity contribution in [1.29, 1.82) is 0 Å². The lowest BCUT2D eigenvalue weighted by Gasteiger charge is -2.21. The molecule has 1 aromatic heterocycles.